The van der Waals surface area contributed by atoms with Gasteiger partial charge < -0.3 is 14.4 Å². The molecule has 1 fully saturated rings. The van der Waals surface area contributed by atoms with E-state index in [2.05, 4.69) is 5.10 Å². The van der Waals surface area contributed by atoms with Crippen LogP contribution in [0, 0.1) is 0 Å². The lowest BCUT2D eigenvalue weighted by Crippen LogP contribution is -2.39. The van der Waals surface area contributed by atoms with Crippen molar-refractivity contribution in [3.63, 3.8) is 0 Å². The van der Waals surface area contributed by atoms with E-state index in [4.69, 9.17) is 9.47 Å². The second-order valence-corrected chi connectivity index (χ2v) is 8.42. The summed E-state index contributed by atoms with van der Waals surface area (Å²) < 4.78 is 27.8. The Morgan fingerprint density at radius 2 is 1.74 bits per heavy atom. The number of rotatable bonds is 4. The summed E-state index contributed by atoms with van der Waals surface area (Å²) in [7, 11) is 4.83. The van der Waals surface area contributed by atoms with E-state index >= 15 is 0 Å². The molecule has 1 aliphatic heterocycles. The van der Waals surface area contributed by atoms with Crippen molar-refractivity contribution in [2.75, 3.05) is 27.3 Å². The summed E-state index contributed by atoms with van der Waals surface area (Å²) >= 11 is 0. The van der Waals surface area contributed by atoms with Gasteiger partial charge in [0.1, 0.15) is 6.17 Å². The number of alkyl halides is 1. The second kappa shape index (κ2) is 8.48. The molecule has 8 nitrogen and oxygen atoms in total. The van der Waals surface area contributed by atoms with Crippen molar-refractivity contribution in [2.45, 2.75) is 19.0 Å². The Hall–Kier alpha value is -3.88. The fourth-order valence-electron chi connectivity index (χ4n) is 4.61. The molecule has 0 N–H and O–H groups in total. The molecule has 5 rings (SSSR count). The fourth-order valence-corrected chi connectivity index (χ4v) is 4.61. The highest BCUT2D eigenvalue weighted by Crippen LogP contribution is 2.34. The van der Waals surface area contributed by atoms with Gasteiger partial charge in [-0.15, -0.1) is 0 Å². The first-order valence-electron chi connectivity index (χ1n) is 11.1. The van der Waals surface area contributed by atoms with Crippen LogP contribution >= 0.6 is 0 Å². The molecule has 1 amide bonds. The van der Waals surface area contributed by atoms with Crippen LogP contribution in [0.1, 0.15) is 23.2 Å². The topological polar surface area (TPSA) is 78.6 Å². The highest BCUT2D eigenvalue weighted by Gasteiger charge is 2.27. The first-order valence-corrected chi connectivity index (χ1v) is 11.1. The van der Waals surface area contributed by atoms with Gasteiger partial charge in [-0.05, 0) is 37.1 Å². The molecule has 34 heavy (non-hydrogen) atoms. The van der Waals surface area contributed by atoms with Gasteiger partial charge in [0.15, 0.2) is 11.5 Å². The Kier molecular flexibility index (Phi) is 5.47. The summed E-state index contributed by atoms with van der Waals surface area (Å²) in [5, 5.41) is 5.88. The van der Waals surface area contributed by atoms with Gasteiger partial charge in [-0.1, -0.05) is 6.07 Å². The van der Waals surface area contributed by atoms with Crippen LogP contribution in [0.15, 0.2) is 47.5 Å². The number of hydrogen-bond donors (Lipinski definition) is 0. The molecule has 0 saturated carbocycles. The van der Waals surface area contributed by atoms with Gasteiger partial charge in [-0.25, -0.2) is 4.39 Å². The number of nitrogens with zero attached hydrogens (tertiary/aromatic N) is 4. The number of aryl methyl sites for hydroxylation is 1. The first kappa shape index (κ1) is 21.9. The van der Waals surface area contributed by atoms with Crippen molar-refractivity contribution >= 4 is 27.6 Å². The van der Waals surface area contributed by atoms with E-state index in [1.165, 1.54) is 18.8 Å². The van der Waals surface area contributed by atoms with E-state index in [0.29, 0.717) is 59.5 Å². The minimum atomic E-state index is -0.901. The van der Waals surface area contributed by atoms with Crippen LogP contribution in [0.3, 0.4) is 0 Å². The maximum absolute atomic E-state index is 13.7. The maximum atomic E-state index is 13.7. The second-order valence-electron chi connectivity index (χ2n) is 8.42. The summed E-state index contributed by atoms with van der Waals surface area (Å²) in [5.74, 6) is 0.551. The molecule has 3 heterocycles. The standard InChI is InChI=1S/C25H25FN4O4/c1-28-20-5-4-6-21(18(20)13-27-28)30-14-19(24(31)29-9-7-15(26)8-10-29)16-11-22(33-2)23(34-3)12-17(16)25(30)32/h4-6,11-15H,7-10H2,1-3H3. The lowest BCUT2D eigenvalue weighted by molar-refractivity contribution is 0.0668. The number of amides is 1. The third kappa shape index (κ3) is 3.48. The van der Waals surface area contributed by atoms with Crippen LogP contribution in [-0.2, 0) is 7.05 Å². The predicted molar refractivity (Wildman–Crippen MR) is 127 cm³/mol. The zero-order valence-corrected chi connectivity index (χ0v) is 19.2. The normalized spacial score (nSPS) is 14.6. The summed E-state index contributed by atoms with van der Waals surface area (Å²) in [6.07, 6.45) is 2.97. The molecule has 0 bridgehead atoms. The average molecular weight is 464 g/mol. The van der Waals surface area contributed by atoms with Crippen molar-refractivity contribution < 1.29 is 18.7 Å². The molecule has 176 valence electrons. The Morgan fingerprint density at radius 1 is 1.06 bits per heavy atom. The van der Waals surface area contributed by atoms with E-state index < -0.39 is 6.17 Å². The number of methoxy groups -OCH3 is 2. The maximum Gasteiger partial charge on any atom is 0.263 e. The highest BCUT2D eigenvalue weighted by atomic mass is 19.1. The molecule has 0 atom stereocenters. The lowest BCUT2D eigenvalue weighted by atomic mass is 10.0. The summed E-state index contributed by atoms with van der Waals surface area (Å²) in [6.45, 7) is 0.651. The molecule has 0 aliphatic carbocycles. The van der Waals surface area contributed by atoms with Gasteiger partial charge in [-0.3, -0.25) is 18.8 Å². The summed E-state index contributed by atoms with van der Waals surface area (Å²) in [4.78, 5) is 29.0. The van der Waals surface area contributed by atoms with Gasteiger partial charge in [0.25, 0.3) is 11.5 Å². The smallest absolute Gasteiger partial charge is 0.263 e. The average Bonchev–Trinajstić information content (AvgIpc) is 3.24. The minimum Gasteiger partial charge on any atom is -0.493 e. The molecule has 1 saturated heterocycles. The van der Waals surface area contributed by atoms with Crippen molar-refractivity contribution in [1.29, 1.82) is 0 Å². The number of fused-ring (bicyclic) bond motifs is 2. The number of ether oxygens (including phenoxy) is 2. The molecule has 0 radical (unpaired) electrons. The van der Waals surface area contributed by atoms with Gasteiger partial charge in [0.05, 0.1) is 42.6 Å². The quantitative estimate of drug-likeness (QED) is 0.462. The number of benzene rings is 2. The molecule has 4 aromatic rings. The predicted octanol–water partition coefficient (Wildman–Crippen LogP) is 3.47. The first-order chi connectivity index (χ1) is 16.4. The third-order valence-electron chi connectivity index (χ3n) is 6.49. The number of hydrogen-bond acceptors (Lipinski definition) is 5. The van der Waals surface area contributed by atoms with Gasteiger partial charge in [0.2, 0.25) is 0 Å². The van der Waals surface area contributed by atoms with E-state index in [-0.39, 0.29) is 11.5 Å². The van der Waals surface area contributed by atoms with Crippen LogP contribution in [0.5, 0.6) is 11.5 Å². The Balaban J connectivity index is 1.79. The molecule has 0 spiro atoms. The van der Waals surface area contributed by atoms with Crippen LogP contribution < -0.4 is 15.0 Å². The molecule has 1 aliphatic rings. The Morgan fingerprint density at radius 3 is 2.41 bits per heavy atom. The van der Waals surface area contributed by atoms with Crippen LogP contribution in [0.25, 0.3) is 27.4 Å². The number of carbonyl (C=O) groups excluding carboxylic acids is 1. The number of piperidine rings is 1. The number of pyridine rings is 1. The highest BCUT2D eigenvalue weighted by molar-refractivity contribution is 6.07. The van der Waals surface area contributed by atoms with E-state index in [1.54, 1.807) is 34.1 Å². The zero-order valence-electron chi connectivity index (χ0n) is 19.2. The van der Waals surface area contributed by atoms with Gasteiger partial charge >= 0.3 is 0 Å². The van der Waals surface area contributed by atoms with Crippen molar-refractivity contribution in [1.82, 2.24) is 19.2 Å². The van der Waals surface area contributed by atoms with Crippen molar-refractivity contribution in [2.24, 2.45) is 7.05 Å². The number of halogens is 1. The molecular formula is C25H25FN4O4. The number of aromatic nitrogens is 3. The Bertz CT molecular complexity index is 1470. The molecule has 9 heteroatoms. The van der Waals surface area contributed by atoms with Crippen LogP contribution in [0.4, 0.5) is 4.39 Å². The monoisotopic (exact) mass is 464 g/mol. The summed E-state index contributed by atoms with van der Waals surface area (Å²) in [6, 6.07) is 8.83. The summed E-state index contributed by atoms with van der Waals surface area (Å²) in [5.41, 5.74) is 1.51. The van der Waals surface area contributed by atoms with Crippen LogP contribution in [0.2, 0.25) is 0 Å². The van der Waals surface area contributed by atoms with E-state index in [9.17, 15) is 14.0 Å². The molecule has 2 aromatic heterocycles. The number of carbonyl (C=O) groups is 1. The van der Waals surface area contributed by atoms with Crippen molar-refractivity contribution in [3.8, 4) is 17.2 Å². The van der Waals surface area contributed by atoms with Gasteiger partial charge in [0, 0.05) is 37.1 Å². The third-order valence-corrected chi connectivity index (χ3v) is 6.49. The van der Waals surface area contributed by atoms with Crippen LogP contribution in [-0.4, -0.2) is 58.6 Å². The van der Waals surface area contributed by atoms with E-state index in [1.807, 2.05) is 25.2 Å². The Labute approximate surface area is 195 Å². The van der Waals surface area contributed by atoms with E-state index in [0.717, 1.165) is 10.9 Å². The largest absolute Gasteiger partial charge is 0.493 e. The zero-order chi connectivity index (χ0) is 24.0. The van der Waals surface area contributed by atoms with Gasteiger partial charge in [-0.2, -0.15) is 5.10 Å². The fraction of sp³-hybridized carbons (Fsp3) is 0.320. The molecule has 2 aromatic carbocycles. The van der Waals surface area contributed by atoms with Crippen molar-refractivity contribution in [3.05, 3.63) is 58.6 Å². The SMILES string of the molecule is COc1cc2c(C(=O)N3CCC(F)CC3)cn(-c3cccc4c3cnn4C)c(=O)c2cc1OC. The molecule has 0 unspecified atom stereocenters. The number of likely N-dealkylation sites (tertiary alicyclic amines) is 1. The lowest BCUT2D eigenvalue weighted by Gasteiger charge is -2.29. The minimum absolute atomic E-state index is 0.253. The molecular weight excluding hydrogens is 439 g/mol.